The van der Waals surface area contributed by atoms with Gasteiger partial charge in [-0.2, -0.15) is 5.10 Å². The molecule has 0 spiro atoms. The Labute approximate surface area is 139 Å². The highest BCUT2D eigenvalue weighted by Crippen LogP contribution is 2.27. The van der Waals surface area contributed by atoms with Crippen molar-refractivity contribution < 1.29 is 4.79 Å². The second kappa shape index (κ2) is 7.34. The molecule has 1 N–H and O–H groups in total. The van der Waals surface area contributed by atoms with Crippen molar-refractivity contribution in [3.05, 3.63) is 11.3 Å². The molecular weight excluding hydrogens is 290 g/mol. The van der Waals surface area contributed by atoms with E-state index in [1.165, 1.54) is 5.56 Å². The zero-order valence-electron chi connectivity index (χ0n) is 15.4. The largest absolute Gasteiger partial charge is 0.363 e. The first-order valence-corrected chi connectivity index (χ1v) is 8.55. The number of nitrogens with one attached hydrogen (secondary N) is 1. The van der Waals surface area contributed by atoms with Gasteiger partial charge in [0, 0.05) is 58.8 Å². The van der Waals surface area contributed by atoms with Gasteiger partial charge in [0.05, 0.1) is 5.69 Å². The zero-order chi connectivity index (χ0) is 17.1. The van der Waals surface area contributed by atoms with Crippen molar-refractivity contribution in [1.82, 2.24) is 20.0 Å². The Morgan fingerprint density at radius 2 is 2.00 bits per heavy atom. The van der Waals surface area contributed by atoms with Crippen LogP contribution in [0.2, 0.25) is 0 Å². The van der Waals surface area contributed by atoms with Gasteiger partial charge in [0.2, 0.25) is 5.91 Å². The van der Waals surface area contributed by atoms with Crippen LogP contribution in [0, 0.1) is 0 Å². The van der Waals surface area contributed by atoms with Crippen molar-refractivity contribution >= 4 is 11.7 Å². The molecule has 1 aliphatic rings. The minimum absolute atomic E-state index is 0.271. The summed E-state index contributed by atoms with van der Waals surface area (Å²) < 4.78 is 1.96. The Balaban J connectivity index is 2.05. The van der Waals surface area contributed by atoms with E-state index in [2.05, 4.69) is 45.1 Å². The van der Waals surface area contributed by atoms with Gasteiger partial charge >= 0.3 is 0 Å². The second-order valence-corrected chi connectivity index (χ2v) is 7.09. The van der Waals surface area contributed by atoms with E-state index < -0.39 is 0 Å². The predicted octanol–water partition coefficient (Wildman–Crippen LogP) is 1.71. The summed E-state index contributed by atoms with van der Waals surface area (Å²) in [6, 6.07) is 0.271. The third-order valence-corrected chi connectivity index (χ3v) is 4.41. The highest BCUT2D eigenvalue weighted by atomic mass is 16.2. The van der Waals surface area contributed by atoms with Crippen LogP contribution in [0.5, 0.6) is 0 Å². The van der Waals surface area contributed by atoms with Crippen LogP contribution >= 0.6 is 0 Å². The van der Waals surface area contributed by atoms with E-state index in [0.717, 1.165) is 37.6 Å². The van der Waals surface area contributed by atoms with Gasteiger partial charge in [-0.1, -0.05) is 13.8 Å². The van der Waals surface area contributed by atoms with Crippen LogP contribution in [0.3, 0.4) is 0 Å². The molecule has 0 unspecified atom stereocenters. The Kier molecular flexibility index (Phi) is 5.68. The van der Waals surface area contributed by atoms with Gasteiger partial charge in [-0.15, -0.1) is 0 Å². The molecule has 0 bridgehead atoms. The first-order valence-electron chi connectivity index (χ1n) is 8.55. The van der Waals surface area contributed by atoms with Crippen LogP contribution in [-0.4, -0.2) is 53.8 Å². The third-order valence-electron chi connectivity index (χ3n) is 4.41. The Morgan fingerprint density at radius 1 is 1.30 bits per heavy atom. The first kappa shape index (κ1) is 17.8. The maximum absolute atomic E-state index is 11.8. The molecule has 2 heterocycles. The maximum atomic E-state index is 11.8. The number of rotatable bonds is 7. The normalized spacial score (nSPS) is 16.5. The molecule has 0 aromatic carbocycles. The van der Waals surface area contributed by atoms with Crippen LogP contribution in [-0.2, 0) is 18.4 Å². The smallest absolute Gasteiger partial charge is 0.222 e. The fraction of sp³-hybridized carbons (Fsp3) is 0.765. The minimum atomic E-state index is 0.271. The van der Waals surface area contributed by atoms with Crippen LogP contribution in [0.15, 0.2) is 0 Å². The van der Waals surface area contributed by atoms with E-state index in [1.807, 2.05) is 16.6 Å². The number of carbonyl (C=O) groups is 1. The Hall–Kier alpha value is -1.56. The standard InChI is InChI=1S/C17H31N5O/c1-12(2)16-14(17(20(4)5)21(6)19-16)10-18-13(3)11-22-9-7-8-15(22)23/h12-13,18H,7-11H2,1-6H3/t13-/m1/s1. The number of amides is 1. The van der Waals surface area contributed by atoms with E-state index in [-0.39, 0.29) is 11.9 Å². The molecule has 1 saturated heterocycles. The first-order chi connectivity index (χ1) is 10.8. The lowest BCUT2D eigenvalue weighted by molar-refractivity contribution is -0.127. The van der Waals surface area contributed by atoms with E-state index in [4.69, 9.17) is 5.10 Å². The quantitative estimate of drug-likeness (QED) is 0.831. The van der Waals surface area contributed by atoms with Crippen molar-refractivity contribution in [2.45, 2.75) is 52.1 Å². The van der Waals surface area contributed by atoms with Crippen LogP contribution < -0.4 is 10.2 Å². The van der Waals surface area contributed by atoms with Crippen LogP contribution in [0.4, 0.5) is 5.82 Å². The summed E-state index contributed by atoms with van der Waals surface area (Å²) >= 11 is 0. The molecule has 0 saturated carbocycles. The average molecular weight is 321 g/mol. The predicted molar refractivity (Wildman–Crippen MR) is 93.7 cm³/mol. The number of likely N-dealkylation sites (tertiary alicyclic amines) is 1. The monoisotopic (exact) mass is 321 g/mol. The lowest BCUT2D eigenvalue weighted by Crippen LogP contribution is -2.39. The summed E-state index contributed by atoms with van der Waals surface area (Å²) in [6.45, 7) is 8.96. The van der Waals surface area contributed by atoms with Gasteiger partial charge in [0.1, 0.15) is 5.82 Å². The topological polar surface area (TPSA) is 53.4 Å². The van der Waals surface area contributed by atoms with Gasteiger partial charge in [-0.05, 0) is 19.3 Å². The van der Waals surface area contributed by atoms with Gasteiger partial charge in [-0.25, -0.2) is 0 Å². The van der Waals surface area contributed by atoms with Gasteiger partial charge in [0.15, 0.2) is 0 Å². The number of aryl methyl sites for hydroxylation is 1. The van der Waals surface area contributed by atoms with Gasteiger partial charge < -0.3 is 15.1 Å². The zero-order valence-corrected chi connectivity index (χ0v) is 15.4. The molecule has 2 rings (SSSR count). The number of anilines is 1. The van der Waals surface area contributed by atoms with Crippen molar-refractivity contribution in [1.29, 1.82) is 0 Å². The Bertz CT molecular complexity index is 549. The van der Waals surface area contributed by atoms with E-state index >= 15 is 0 Å². The molecule has 6 nitrogen and oxygen atoms in total. The van der Waals surface area contributed by atoms with E-state index in [0.29, 0.717) is 12.3 Å². The number of carbonyl (C=O) groups excluding carboxylic acids is 1. The highest BCUT2D eigenvalue weighted by Gasteiger charge is 2.23. The third kappa shape index (κ3) is 4.05. The molecule has 1 aromatic heterocycles. The molecule has 1 atom stereocenters. The summed E-state index contributed by atoms with van der Waals surface area (Å²) in [5.41, 5.74) is 2.40. The molecule has 1 fully saturated rings. The lowest BCUT2D eigenvalue weighted by atomic mass is 10.0. The summed E-state index contributed by atoms with van der Waals surface area (Å²) in [6.07, 6.45) is 1.70. The van der Waals surface area contributed by atoms with E-state index in [9.17, 15) is 4.79 Å². The number of aromatic nitrogens is 2. The SMILES string of the molecule is CC(C)c1nn(C)c(N(C)C)c1CN[C@H](C)CN1CCCC1=O. The fourth-order valence-corrected chi connectivity index (χ4v) is 3.34. The molecule has 6 heteroatoms. The maximum Gasteiger partial charge on any atom is 0.222 e. The number of hydrogen-bond acceptors (Lipinski definition) is 4. The molecule has 23 heavy (non-hydrogen) atoms. The molecule has 1 amide bonds. The summed E-state index contributed by atoms with van der Waals surface area (Å²) in [5, 5.41) is 8.27. The molecule has 130 valence electrons. The number of hydrogen-bond donors (Lipinski definition) is 1. The van der Waals surface area contributed by atoms with Crippen molar-refractivity contribution in [2.24, 2.45) is 7.05 Å². The molecule has 1 aliphatic heterocycles. The van der Waals surface area contributed by atoms with Crippen LogP contribution in [0.1, 0.15) is 50.8 Å². The van der Waals surface area contributed by atoms with Gasteiger partial charge in [-0.3, -0.25) is 9.48 Å². The summed E-state index contributed by atoms with van der Waals surface area (Å²) in [4.78, 5) is 15.8. The van der Waals surface area contributed by atoms with Crippen molar-refractivity contribution in [3.63, 3.8) is 0 Å². The molecular formula is C17H31N5O. The fourth-order valence-electron chi connectivity index (χ4n) is 3.34. The average Bonchev–Trinajstić information content (AvgIpc) is 3.00. The lowest BCUT2D eigenvalue weighted by Gasteiger charge is -2.23. The van der Waals surface area contributed by atoms with Gasteiger partial charge in [0.25, 0.3) is 0 Å². The minimum Gasteiger partial charge on any atom is -0.363 e. The highest BCUT2D eigenvalue weighted by molar-refractivity contribution is 5.78. The van der Waals surface area contributed by atoms with E-state index in [1.54, 1.807) is 0 Å². The molecule has 1 aromatic rings. The summed E-state index contributed by atoms with van der Waals surface area (Å²) in [5.74, 6) is 1.82. The molecule has 0 aliphatic carbocycles. The Morgan fingerprint density at radius 3 is 2.52 bits per heavy atom. The van der Waals surface area contributed by atoms with Crippen LogP contribution in [0.25, 0.3) is 0 Å². The molecule has 0 radical (unpaired) electrons. The van der Waals surface area contributed by atoms with Crippen molar-refractivity contribution in [2.75, 3.05) is 32.1 Å². The number of nitrogens with zero attached hydrogens (tertiary/aromatic N) is 4. The second-order valence-electron chi connectivity index (χ2n) is 7.09. The van der Waals surface area contributed by atoms with Crippen molar-refractivity contribution in [3.8, 4) is 0 Å². The summed E-state index contributed by atoms with van der Waals surface area (Å²) in [7, 11) is 6.10.